The number of furan rings is 1. The first kappa shape index (κ1) is 10.6. The highest BCUT2D eigenvalue weighted by atomic mass is 16.3. The molecule has 88 valence electrons. The maximum Gasteiger partial charge on any atom is 0.105 e. The molecule has 1 atom stereocenters. The van der Waals surface area contributed by atoms with Gasteiger partial charge in [-0.3, -0.25) is 0 Å². The Morgan fingerprint density at radius 3 is 2.88 bits per heavy atom. The van der Waals surface area contributed by atoms with Crippen LogP contribution in [0.3, 0.4) is 0 Å². The summed E-state index contributed by atoms with van der Waals surface area (Å²) >= 11 is 0. The van der Waals surface area contributed by atoms with Crippen LogP contribution in [-0.4, -0.2) is 0 Å². The lowest BCUT2D eigenvalue weighted by Gasteiger charge is -2.12. The lowest BCUT2D eigenvalue weighted by atomic mass is 9.99. The van der Waals surface area contributed by atoms with Gasteiger partial charge in [0.25, 0.3) is 0 Å². The topological polar surface area (TPSA) is 39.2 Å². The maximum absolute atomic E-state index is 6.22. The normalized spacial score (nSPS) is 15.8. The van der Waals surface area contributed by atoms with E-state index in [2.05, 4.69) is 18.2 Å². The van der Waals surface area contributed by atoms with Crippen molar-refractivity contribution in [2.45, 2.75) is 31.7 Å². The number of rotatable bonds is 3. The Balaban J connectivity index is 1.79. The molecule has 0 fully saturated rings. The zero-order chi connectivity index (χ0) is 11.7. The van der Waals surface area contributed by atoms with Crippen molar-refractivity contribution in [3.05, 3.63) is 59.0 Å². The van der Waals surface area contributed by atoms with Gasteiger partial charge in [-0.15, -0.1) is 0 Å². The van der Waals surface area contributed by atoms with Gasteiger partial charge >= 0.3 is 0 Å². The summed E-state index contributed by atoms with van der Waals surface area (Å²) in [5, 5.41) is 0. The van der Waals surface area contributed by atoms with Crippen molar-refractivity contribution in [1.29, 1.82) is 0 Å². The fourth-order valence-corrected chi connectivity index (χ4v) is 2.59. The lowest BCUT2D eigenvalue weighted by molar-refractivity contribution is 0.488. The van der Waals surface area contributed by atoms with Crippen molar-refractivity contribution in [2.24, 2.45) is 5.73 Å². The first-order valence-corrected chi connectivity index (χ1v) is 6.22. The van der Waals surface area contributed by atoms with Crippen LogP contribution in [-0.2, 0) is 19.3 Å². The van der Waals surface area contributed by atoms with Crippen LogP contribution in [0.2, 0.25) is 0 Å². The molecule has 0 spiro atoms. The van der Waals surface area contributed by atoms with Gasteiger partial charge < -0.3 is 10.2 Å². The second-order valence-corrected chi connectivity index (χ2v) is 4.77. The summed E-state index contributed by atoms with van der Waals surface area (Å²) in [6, 6.07) is 10.6. The molecular weight excluding hydrogens is 210 g/mol. The Hall–Kier alpha value is -1.54. The summed E-state index contributed by atoms with van der Waals surface area (Å²) in [7, 11) is 0. The number of fused-ring (bicyclic) bond motifs is 1. The van der Waals surface area contributed by atoms with Gasteiger partial charge in [-0.2, -0.15) is 0 Å². The summed E-state index contributed by atoms with van der Waals surface area (Å²) < 4.78 is 5.34. The highest BCUT2D eigenvalue weighted by Crippen LogP contribution is 2.26. The van der Waals surface area contributed by atoms with Crippen molar-refractivity contribution in [1.82, 2.24) is 0 Å². The Morgan fingerprint density at radius 1 is 1.18 bits per heavy atom. The summed E-state index contributed by atoms with van der Waals surface area (Å²) in [5.41, 5.74) is 10.4. The third-order valence-corrected chi connectivity index (χ3v) is 3.55. The third-order valence-electron chi connectivity index (χ3n) is 3.55. The predicted octanol–water partition coefficient (Wildman–Crippen LogP) is 3.01. The van der Waals surface area contributed by atoms with E-state index in [4.69, 9.17) is 10.2 Å². The summed E-state index contributed by atoms with van der Waals surface area (Å²) in [6.45, 7) is 0. The van der Waals surface area contributed by atoms with Crippen molar-refractivity contribution in [3.8, 4) is 0 Å². The fraction of sp³-hybridized carbons (Fsp3) is 0.333. The second kappa shape index (κ2) is 4.38. The molecule has 3 rings (SSSR count). The largest absolute Gasteiger partial charge is 0.469 e. The molecule has 2 heteroatoms. The first-order chi connectivity index (χ1) is 8.33. The Morgan fingerprint density at radius 2 is 2.06 bits per heavy atom. The Bertz CT molecular complexity index is 502. The number of aryl methyl sites for hydroxylation is 2. The molecule has 0 saturated heterocycles. The monoisotopic (exact) mass is 227 g/mol. The average molecular weight is 227 g/mol. The van der Waals surface area contributed by atoms with Crippen LogP contribution in [0.15, 0.2) is 41.0 Å². The van der Waals surface area contributed by atoms with Crippen LogP contribution in [0.25, 0.3) is 0 Å². The molecule has 1 unspecified atom stereocenters. The third kappa shape index (κ3) is 2.13. The molecule has 0 radical (unpaired) electrons. The SMILES string of the molecule is NC(Cc1ccco1)c1ccc2c(c1)CCC2. The number of hydrogen-bond donors (Lipinski definition) is 1. The summed E-state index contributed by atoms with van der Waals surface area (Å²) in [4.78, 5) is 0. The van der Waals surface area contributed by atoms with Gasteiger partial charge in [0.15, 0.2) is 0 Å². The van der Waals surface area contributed by atoms with Gasteiger partial charge in [0.2, 0.25) is 0 Å². The van der Waals surface area contributed by atoms with Crippen LogP contribution in [0, 0.1) is 0 Å². The Kier molecular flexibility index (Phi) is 2.73. The van der Waals surface area contributed by atoms with Gasteiger partial charge in [-0.1, -0.05) is 18.2 Å². The number of nitrogens with two attached hydrogens (primary N) is 1. The minimum absolute atomic E-state index is 0.0343. The van der Waals surface area contributed by atoms with Crippen LogP contribution < -0.4 is 5.73 Å². The van der Waals surface area contributed by atoms with Gasteiger partial charge in [-0.25, -0.2) is 0 Å². The molecule has 0 aliphatic heterocycles. The maximum atomic E-state index is 6.22. The lowest BCUT2D eigenvalue weighted by Crippen LogP contribution is -2.13. The molecule has 1 aliphatic rings. The van der Waals surface area contributed by atoms with Crippen molar-refractivity contribution < 1.29 is 4.42 Å². The fourth-order valence-electron chi connectivity index (χ4n) is 2.59. The van der Waals surface area contributed by atoms with E-state index in [1.165, 1.54) is 36.0 Å². The molecule has 1 aromatic carbocycles. The second-order valence-electron chi connectivity index (χ2n) is 4.77. The molecule has 1 heterocycles. The molecule has 2 aromatic rings. The van der Waals surface area contributed by atoms with E-state index in [1.54, 1.807) is 6.26 Å². The van der Waals surface area contributed by atoms with Crippen LogP contribution >= 0.6 is 0 Å². The van der Waals surface area contributed by atoms with Crippen molar-refractivity contribution in [2.75, 3.05) is 0 Å². The molecule has 0 saturated carbocycles. The average Bonchev–Trinajstić information content (AvgIpc) is 2.97. The van der Waals surface area contributed by atoms with E-state index in [9.17, 15) is 0 Å². The highest BCUT2D eigenvalue weighted by Gasteiger charge is 2.14. The van der Waals surface area contributed by atoms with E-state index in [0.717, 1.165) is 12.2 Å². The zero-order valence-electron chi connectivity index (χ0n) is 9.86. The molecule has 2 N–H and O–H groups in total. The minimum atomic E-state index is 0.0343. The zero-order valence-corrected chi connectivity index (χ0v) is 9.86. The number of hydrogen-bond acceptors (Lipinski definition) is 2. The van der Waals surface area contributed by atoms with Gasteiger partial charge in [0, 0.05) is 12.5 Å². The first-order valence-electron chi connectivity index (χ1n) is 6.22. The molecule has 2 nitrogen and oxygen atoms in total. The quantitative estimate of drug-likeness (QED) is 0.875. The molecule has 17 heavy (non-hydrogen) atoms. The molecule has 0 amide bonds. The minimum Gasteiger partial charge on any atom is -0.469 e. The van der Waals surface area contributed by atoms with Crippen molar-refractivity contribution >= 4 is 0 Å². The summed E-state index contributed by atoms with van der Waals surface area (Å²) in [6.07, 6.45) is 6.18. The standard InChI is InChI=1S/C15H17NO/c16-15(10-14-5-2-8-17-14)13-7-6-11-3-1-4-12(11)9-13/h2,5-9,15H,1,3-4,10,16H2. The van der Waals surface area contributed by atoms with Gasteiger partial charge in [-0.05, 0) is 48.1 Å². The Labute approximate surface area is 101 Å². The smallest absolute Gasteiger partial charge is 0.105 e. The van der Waals surface area contributed by atoms with Crippen molar-refractivity contribution in [3.63, 3.8) is 0 Å². The van der Waals surface area contributed by atoms with Crippen LogP contribution in [0.4, 0.5) is 0 Å². The predicted molar refractivity (Wildman–Crippen MR) is 67.8 cm³/mol. The summed E-state index contributed by atoms with van der Waals surface area (Å²) in [5.74, 6) is 0.956. The molecule has 0 bridgehead atoms. The van der Waals surface area contributed by atoms with Crippen LogP contribution in [0.5, 0.6) is 0 Å². The van der Waals surface area contributed by atoms with Gasteiger partial charge in [0.1, 0.15) is 5.76 Å². The highest BCUT2D eigenvalue weighted by molar-refractivity contribution is 5.36. The van der Waals surface area contributed by atoms with E-state index < -0.39 is 0 Å². The van der Waals surface area contributed by atoms with Gasteiger partial charge in [0.05, 0.1) is 6.26 Å². The number of benzene rings is 1. The molecule has 1 aromatic heterocycles. The van der Waals surface area contributed by atoms with E-state index in [1.807, 2.05) is 12.1 Å². The molecular formula is C15H17NO. The van der Waals surface area contributed by atoms with E-state index >= 15 is 0 Å². The van der Waals surface area contributed by atoms with Crippen LogP contribution in [0.1, 0.15) is 34.9 Å². The molecule has 1 aliphatic carbocycles. The van der Waals surface area contributed by atoms with E-state index in [0.29, 0.717) is 0 Å². The van der Waals surface area contributed by atoms with E-state index in [-0.39, 0.29) is 6.04 Å².